The van der Waals surface area contributed by atoms with Crippen LogP contribution in [0.25, 0.3) is 11.0 Å². The topological polar surface area (TPSA) is 88.9 Å². The van der Waals surface area contributed by atoms with Gasteiger partial charge in [-0.25, -0.2) is 8.42 Å². The Bertz CT molecular complexity index is 1200. The standard InChI is InChI=1S/C21H20Cl2N2O5S/c1-13(19-10-14-4-2-3-5-18(14)30-19)24-21(26)15-11-20(17(23)12-16(15)22)31(27,28)25-6-8-29-9-7-25/h2-5,10-13H,6-9H2,1H3,(H,24,26). The third-order valence-electron chi connectivity index (χ3n) is 5.07. The molecule has 31 heavy (non-hydrogen) atoms. The normalized spacial score (nSPS) is 16.4. The molecule has 7 nitrogen and oxygen atoms in total. The van der Waals surface area contributed by atoms with Crippen LogP contribution in [-0.2, 0) is 14.8 Å². The minimum absolute atomic E-state index is 0.0147. The average molecular weight is 483 g/mol. The number of benzene rings is 2. The van der Waals surface area contributed by atoms with Gasteiger partial charge in [0.05, 0.1) is 34.9 Å². The zero-order chi connectivity index (χ0) is 22.2. The van der Waals surface area contributed by atoms with E-state index < -0.39 is 22.0 Å². The second kappa shape index (κ2) is 8.80. The monoisotopic (exact) mass is 482 g/mol. The van der Waals surface area contributed by atoms with Crippen molar-refractivity contribution < 1.29 is 22.4 Å². The number of sulfonamides is 1. The molecule has 0 aliphatic carbocycles. The van der Waals surface area contributed by atoms with Crippen LogP contribution in [0, 0.1) is 0 Å². The van der Waals surface area contributed by atoms with Crippen molar-refractivity contribution in [2.45, 2.75) is 17.9 Å². The summed E-state index contributed by atoms with van der Waals surface area (Å²) >= 11 is 12.4. The summed E-state index contributed by atoms with van der Waals surface area (Å²) in [5.74, 6) is 0.0360. The summed E-state index contributed by atoms with van der Waals surface area (Å²) in [7, 11) is -3.90. The quantitative estimate of drug-likeness (QED) is 0.586. The molecule has 0 spiro atoms. The van der Waals surface area contributed by atoms with E-state index in [9.17, 15) is 13.2 Å². The largest absolute Gasteiger partial charge is 0.459 e. The lowest BCUT2D eigenvalue weighted by atomic mass is 10.1. The lowest BCUT2D eigenvalue weighted by Gasteiger charge is -2.26. The van der Waals surface area contributed by atoms with Crippen molar-refractivity contribution in [3.05, 3.63) is 63.8 Å². The molecule has 1 saturated heterocycles. The summed E-state index contributed by atoms with van der Waals surface area (Å²) in [5, 5.41) is 3.73. The molecule has 3 aromatic rings. The number of carbonyl (C=O) groups is 1. The van der Waals surface area contributed by atoms with Crippen LogP contribution >= 0.6 is 23.2 Å². The highest BCUT2D eigenvalue weighted by Gasteiger charge is 2.30. The third kappa shape index (κ3) is 4.44. The van der Waals surface area contributed by atoms with Crippen molar-refractivity contribution in [2.75, 3.05) is 26.3 Å². The number of carbonyl (C=O) groups excluding carboxylic acids is 1. The van der Waals surface area contributed by atoms with Crippen LogP contribution in [-0.4, -0.2) is 44.9 Å². The number of morpholine rings is 1. The van der Waals surface area contributed by atoms with E-state index in [1.165, 1.54) is 16.4 Å². The van der Waals surface area contributed by atoms with E-state index in [1.54, 1.807) is 6.92 Å². The van der Waals surface area contributed by atoms with E-state index >= 15 is 0 Å². The van der Waals surface area contributed by atoms with Gasteiger partial charge in [-0.3, -0.25) is 4.79 Å². The number of nitrogens with zero attached hydrogens (tertiary/aromatic N) is 1. The second-order valence-corrected chi connectivity index (χ2v) is 9.88. The Morgan fingerprint density at radius 2 is 1.81 bits per heavy atom. The van der Waals surface area contributed by atoms with Crippen LogP contribution in [0.1, 0.15) is 29.1 Å². The molecule has 1 aromatic heterocycles. The molecule has 2 aromatic carbocycles. The zero-order valence-electron chi connectivity index (χ0n) is 16.6. The molecule has 10 heteroatoms. The Kier molecular flexibility index (Phi) is 6.27. The maximum Gasteiger partial charge on any atom is 0.253 e. The van der Waals surface area contributed by atoms with Gasteiger partial charge in [0.25, 0.3) is 5.91 Å². The van der Waals surface area contributed by atoms with E-state index in [2.05, 4.69) is 5.32 Å². The number of fused-ring (bicyclic) bond motifs is 1. The highest BCUT2D eigenvalue weighted by atomic mass is 35.5. The fourth-order valence-electron chi connectivity index (χ4n) is 3.39. The van der Waals surface area contributed by atoms with Crippen molar-refractivity contribution in [2.24, 2.45) is 0 Å². The molecule has 1 N–H and O–H groups in total. The Morgan fingerprint density at radius 1 is 1.10 bits per heavy atom. The second-order valence-electron chi connectivity index (χ2n) is 7.16. The van der Waals surface area contributed by atoms with Crippen LogP contribution < -0.4 is 5.32 Å². The molecule has 1 amide bonds. The molecule has 1 unspecified atom stereocenters. The van der Waals surface area contributed by atoms with Crippen LogP contribution in [0.2, 0.25) is 10.0 Å². The molecule has 1 aliphatic heterocycles. The van der Waals surface area contributed by atoms with Gasteiger partial charge in [-0.05, 0) is 31.2 Å². The van der Waals surface area contributed by atoms with Crippen LogP contribution in [0.15, 0.2) is 51.8 Å². The minimum atomic E-state index is -3.90. The predicted octanol–water partition coefficient (Wildman–Crippen LogP) is 4.25. The van der Waals surface area contributed by atoms with E-state index in [0.29, 0.717) is 24.6 Å². The molecular formula is C21H20Cl2N2O5S. The van der Waals surface area contributed by atoms with Gasteiger partial charge < -0.3 is 14.5 Å². The SMILES string of the molecule is CC(NC(=O)c1cc(S(=O)(=O)N2CCOCC2)c(Cl)cc1Cl)c1cc2ccccc2o1. The van der Waals surface area contributed by atoms with E-state index in [4.69, 9.17) is 32.4 Å². The number of hydrogen-bond donors (Lipinski definition) is 1. The highest BCUT2D eigenvalue weighted by Crippen LogP contribution is 2.32. The van der Waals surface area contributed by atoms with Gasteiger partial charge in [0, 0.05) is 18.5 Å². The third-order valence-corrected chi connectivity index (χ3v) is 7.75. The Labute approximate surface area is 189 Å². The first-order valence-electron chi connectivity index (χ1n) is 9.63. The van der Waals surface area contributed by atoms with Gasteiger partial charge >= 0.3 is 0 Å². The van der Waals surface area contributed by atoms with Gasteiger partial charge in [0.15, 0.2) is 0 Å². The fraction of sp³-hybridized carbons (Fsp3) is 0.286. The number of hydrogen-bond acceptors (Lipinski definition) is 5. The van der Waals surface area contributed by atoms with Crippen molar-refractivity contribution in [3.8, 4) is 0 Å². The van der Waals surface area contributed by atoms with Gasteiger partial charge in [-0.2, -0.15) is 4.31 Å². The smallest absolute Gasteiger partial charge is 0.253 e. The number of nitrogens with one attached hydrogen (secondary N) is 1. The van der Waals surface area contributed by atoms with Crippen LogP contribution in [0.5, 0.6) is 0 Å². The summed E-state index contributed by atoms with van der Waals surface area (Å²) < 4.78 is 38.4. The molecular weight excluding hydrogens is 463 g/mol. The molecule has 0 saturated carbocycles. The Balaban J connectivity index is 1.61. The first kappa shape index (κ1) is 22.1. The highest BCUT2D eigenvalue weighted by molar-refractivity contribution is 7.89. The van der Waals surface area contributed by atoms with Gasteiger partial charge in [0.1, 0.15) is 16.2 Å². The van der Waals surface area contributed by atoms with Crippen molar-refractivity contribution in [1.82, 2.24) is 9.62 Å². The van der Waals surface area contributed by atoms with Gasteiger partial charge in [0.2, 0.25) is 10.0 Å². The maximum absolute atomic E-state index is 13.0. The van der Waals surface area contributed by atoms with Crippen molar-refractivity contribution in [1.29, 1.82) is 0 Å². The fourth-order valence-corrected chi connectivity index (χ4v) is 5.63. The summed E-state index contributed by atoms with van der Waals surface area (Å²) in [4.78, 5) is 12.8. The molecule has 0 bridgehead atoms. The van der Waals surface area contributed by atoms with Crippen molar-refractivity contribution >= 4 is 50.1 Å². The molecule has 2 heterocycles. The first-order valence-corrected chi connectivity index (χ1v) is 11.8. The summed E-state index contributed by atoms with van der Waals surface area (Å²) in [5.41, 5.74) is 0.725. The van der Waals surface area contributed by atoms with E-state index in [1.807, 2.05) is 30.3 Å². The Morgan fingerprint density at radius 3 is 2.52 bits per heavy atom. The number of ether oxygens (including phenoxy) is 1. The zero-order valence-corrected chi connectivity index (χ0v) is 18.9. The van der Waals surface area contributed by atoms with Crippen LogP contribution in [0.3, 0.4) is 0 Å². The lowest BCUT2D eigenvalue weighted by molar-refractivity contribution is 0.0730. The maximum atomic E-state index is 13.0. The summed E-state index contributed by atoms with van der Waals surface area (Å²) in [6, 6.07) is 11.4. The predicted molar refractivity (Wildman–Crippen MR) is 118 cm³/mol. The number of para-hydroxylation sites is 1. The Hall–Kier alpha value is -2.10. The average Bonchev–Trinajstić information content (AvgIpc) is 3.18. The van der Waals surface area contributed by atoms with Crippen molar-refractivity contribution in [3.63, 3.8) is 0 Å². The molecule has 0 radical (unpaired) electrons. The number of halogens is 2. The summed E-state index contributed by atoms with van der Waals surface area (Å²) in [6.07, 6.45) is 0. The first-order chi connectivity index (χ1) is 14.8. The molecule has 1 fully saturated rings. The van der Waals surface area contributed by atoms with Crippen LogP contribution in [0.4, 0.5) is 0 Å². The molecule has 1 aliphatic rings. The van der Waals surface area contributed by atoms with E-state index in [0.717, 1.165) is 5.39 Å². The van der Waals surface area contributed by atoms with Gasteiger partial charge in [-0.15, -0.1) is 0 Å². The minimum Gasteiger partial charge on any atom is -0.459 e. The van der Waals surface area contributed by atoms with Gasteiger partial charge in [-0.1, -0.05) is 41.4 Å². The summed E-state index contributed by atoms with van der Waals surface area (Å²) in [6.45, 7) is 2.79. The molecule has 4 rings (SSSR count). The molecule has 164 valence electrons. The number of furan rings is 1. The lowest BCUT2D eigenvalue weighted by Crippen LogP contribution is -2.40. The molecule has 1 atom stereocenters. The number of amides is 1. The van der Waals surface area contributed by atoms with E-state index in [-0.39, 0.29) is 33.6 Å². The number of rotatable bonds is 5.